The van der Waals surface area contributed by atoms with E-state index in [1.165, 1.54) is 13.3 Å². The zero-order valence-corrected chi connectivity index (χ0v) is 12.1. The van der Waals surface area contributed by atoms with Gasteiger partial charge in [-0.3, -0.25) is 10.1 Å². The van der Waals surface area contributed by atoms with Gasteiger partial charge in [0.1, 0.15) is 0 Å². The summed E-state index contributed by atoms with van der Waals surface area (Å²) in [5.41, 5.74) is 1.04. The zero-order chi connectivity index (χ0) is 16.8. The molecule has 0 aliphatic rings. The van der Waals surface area contributed by atoms with E-state index in [1.807, 2.05) is 6.07 Å². The third kappa shape index (κ3) is 3.79. The summed E-state index contributed by atoms with van der Waals surface area (Å²) < 4.78 is 4.51. The molecule has 0 bridgehead atoms. The maximum atomic E-state index is 11.4. The van der Waals surface area contributed by atoms with Crippen LogP contribution in [-0.2, 0) is 11.3 Å². The van der Waals surface area contributed by atoms with Crippen molar-refractivity contribution in [3.63, 3.8) is 0 Å². The Morgan fingerprint density at radius 2 is 2.13 bits per heavy atom. The van der Waals surface area contributed by atoms with E-state index < -0.39 is 10.9 Å². The number of hydrogen-bond donors (Lipinski definition) is 1. The average Bonchev–Trinajstić information content (AvgIpc) is 2.59. The van der Waals surface area contributed by atoms with Crippen molar-refractivity contribution in [3.05, 3.63) is 63.3 Å². The maximum Gasteiger partial charge on any atom is 0.339 e. The number of methoxy groups -OCH3 is 1. The van der Waals surface area contributed by atoms with Crippen LogP contribution in [0.5, 0.6) is 0 Å². The third-order valence-corrected chi connectivity index (χ3v) is 3.03. The first-order chi connectivity index (χ1) is 11.0. The predicted octanol–water partition coefficient (Wildman–Crippen LogP) is 2.26. The van der Waals surface area contributed by atoms with Gasteiger partial charge in [-0.05, 0) is 17.7 Å². The Kier molecular flexibility index (Phi) is 4.84. The molecular weight excluding hydrogens is 300 g/mol. The SMILES string of the molecule is COC(=O)c1cnc(NCc2ccc(C#N)cc2)c([N+](=O)[O-])c1. The molecule has 0 spiro atoms. The molecule has 0 aliphatic carbocycles. The molecule has 116 valence electrons. The van der Waals surface area contributed by atoms with Crippen molar-refractivity contribution in [3.8, 4) is 6.07 Å². The van der Waals surface area contributed by atoms with Crippen molar-refractivity contribution >= 4 is 17.5 Å². The molecule has 1 aromatic heterocycles. The van der Waals surface area contributed by atoms with Crippen LogP contribution in [0.2, 0.25) is 0 Å². The second kappa shape index (κ2) is 7.00. The highest BCUT2D eigenvalue weighted by molar-refractivity contribution is 5.90. The summed E-state index contributed by atoms with van der Waals surface area (Å²) in [5, 5.41) is 22.7. The van der Waals surface area contributed by atoms with Gasteiger partial charge in [0.05, 0.1) is 29.2 Å². The average molecular weight is 312 g/mol. The molecule has 0 unspecified atom stereocenters. The van der Waals surface area contributed by atoms with Crippen LogP contribution in [0.3, 0.4) is 0 Å². The highest BCUT2D eigenvalue weighted by atomic mass is 16.6. The van der Waals surface area contributed by atoms with Gasteiger partial charge in [0.15, 0.2) is 0 Å². The molecule has 0 saturated heterocycles. The van der Waals surface area contributed by atoms with Gasteiger partial charge >= 0.3 is 11.7 Å². The Bertz CT molecular complexity index is 781. The fourth-order valence-corrected chi connectivity index (χ4v) is 1.84. The van der Waals surface area contributed by atoms with E-state index in [4.69, 9.17) is 5.26 Å². The molecule has 0 radical (unpaired) electrons. The van der Waals surface area contributed by atoms with Crippen molar-refractivity contribution in [1.29, 1.82) is 5.26 Å². The Hall–Kier alpha value is -3.47. The Morgan fingerprint density at radius 3 is 2.70 bits per heavy atom. The predicted molar refractivity (Wildman–Crippen MR) is 80.7 cm³/mol. The zero-order valence-electron chi connectivity index (χ0n) is 12.1. The number of aromatic nitrogens is 1. The first-order valence-electron chi connectivity index (χ1n) is 6.51. The van der Waals surface area contributed by atoms with Gasteiger partial charge in [-0.2, -0.15) is 5.26 Å². The molecule has 23 heavy (non-hydrogen) atoms. The third-order valence-electron chi connectivity index (χ3n) is 3.03. The van der Waals surface area contributed by atoms with Gasteiger partial charge in [0, 0.05) is 18.8 Å². The van der Waals surface area contributed by atoms with Crippen LogP contribution in [0.1, 0.15) is 21.5 Å². The second-order valence-corrected chi connectivity index (χ2v) is 4.50. The Labute approximate surface area is 131 Å². The fourth-order valence-electron chi connectivity index (χ4n) is 1.84. The summed E-state index contributed by atoms with van der Waals surface area (Å²) in [6.45, 7) is 0.289. The van der Waals surface area contributed by atoms with E-state index >= 15 is 0 Å². The Morgan fingerprint density at radius 1 is 1.43 bits per heavy atom. The molecule has 1 aromatic carbocycles. The number of esters is 1. The van der Waals surface area contributed by atoms with Gasteiger partial charge in [0.2, 0.25) is 5.82 Å². The van der Waals surface area contributed by atoms with Crippen molar-refractivity contribution in [2.45, 2.75) is 6.54 Å². The van der Waals surface area contributed by atoms with Crippen LogP contribution in [0.25, 0.3) is 0 Å². The molecule has 2 rings (SSSR count). The first-order valence-corrected chi connectivity index (χ1v) is 6.51. The number of nitro groups is 1. The summed E-state index contributed by atoms with van der Waals surface area (Å²) in [7, 11) is 1.19. The number of nitrogens with one attached hydrogen (secondary N) is 1. The van der Waals surface area contributed by atoms with Crippen molar-refractivity contribution < 1.29 is 14.5 Å². The first kappa shape index (κ1) is 15.9. The van der Waals surface area contributed by atoms with Crippen LogP contribution < -0.4 is 5.32 Å². The number of benzene rings is 1. The normalized spacial score (nSPS) is 9.74. The van der Waals surface area contributed by atoms with E-state index in [9.17, 15) is 14.9 Å². The molecular formula is C15H12N4O4. The minimum absolute atomic E-state index is 0.00289. The number of pyridine rings is 1. The number of carbonyl (C=O) groups is 1. The maximum absolute atomic E-state index is 11.4. The summed E-state index contributed by atoms with van der Waals surface area (Å²) in [6, 6.07) is 9.90. The summed E-state index contributed by atoms with van der Waals surface area (Å²) in [4.78, 5) is 25.8. The smallest absolute Gasteiger partial charge is 0.339 e. The molecule has 0 fully saturated rings. The lowest BCUT2D eigenvalue weighted by atomic mass is 10.1. The second-order valence-electron chi connectivity index (χ2n) is 4.50. The highest BCUT2D eigenvalue weighted by Gasteiger charge is 2.19. The van der Waals surface area contributed by atoms with Crippen LogP contribution in [0.4, 0.5) is 11.5 Å². The van der Waals surface area contributed by atoms with Crippen molar-refractivity contribution in [2.24, 2.45) is 0 Å². The molecule has 0 amide bonds. The quantitative estimate of drug-likeness (QED) is 0.511. The fraction of sp³-hybridized carbons (Fsp3) is 0.133. The molecule has 2 aromatic rings. The van der Waals surface area contributed by atoms with Gasteiger partial charge < -0.3 is 10.1 Å². The number of hydrogen-bond acceptors (Lipinski definition) is 7. The van der Waals surface area contributed by atoms with Gasteiger partial charge in [-0.25, -0.2) is 9.78 Å². The number of carbonyl (C=O) groups excluding carboxylic acids is 1. The van der Waals surface area contributed by atoms with Crippen LogP contribution in [-0.4, -0.2) is 23.0 Å². The lowest BCUT2D eigenvalue weighted by molar-refractivity contribution is -0.384. The number of rotatable bonds is 5. The van der Waals surface area contributed by atoms with Crippen LogP contribution in [0.15, 0.2) is 36.5 Å². The summed E-state index contributed by atoms with van der Waals surface area (Å²) >= 11 is 0. The van der Waals surface area contributed by atoms with E-state index in [1.54, 1.807) is 24.3 Å². The topological polar surface area (TPSA) is 118 Å². The number of nitrogens with zero attached hydrogens (tertiary/aromatic N) is 3. The molecule has 0 aliphatic heterocycles. The lowest BCUT2D eigenvalue weighted by Gasteiger charge is -2.07. The van der Waals surface area contributed by atoms with E-state index in [2.05, 4.69) is 15.0 Å². The van der Waals surface area contributed by atoms with Gasteiger partial charge in [-0.15, -0.1) is 0 Å². The number of ether oxygens (including phenoxy) is 1. The molecule has 1 N–H and O–H groups in total. The standard InChI is InChI=1S/C15H12N4O4/c1-23-15(20)12-6-13(19(21)22)14(18-9-12)17-8-11-4-2-10(7-16)3-5-11/h2-6,9H,8H2,1H3,(H,17,18). The molecule has 0 atom stereocenters. The minimum atomic E-state index is -0.695. The molecule has 8 nitrogen and oxygen atoms in total. The van der Waals surface area contributed by atoms with Gasteiger partial charge in [0.25, 0.3) is 0 Å². The van der Waals surface area contributed by atoms with Crippen LogP contribution in [0, 0.1) is 21.4 Å². The minimum Gasteiger partial charge on any atom is -0.465 e. The lowest BCUT2D eigenvalue weighted by Crippen LogP contribution is -2.08. The van der Waals surface area contributed by atoms with E-state index in [-0.39, 0.29) is 23.6 Å². The van der Waals surface area contributed by atoms with E-state index in [0.717, 1.165) is 11.6 Å². The summed E-state index contributed by atoms with van der Waals surface area (Å²) in [5.74, 6) is -0.647. The van der Waals surface area contributed by atoms with Crippen LogP contribution >= 0.6 is 0 Å². The number of nitriles is 1. The Balaban J connectivity index is 2.20. The van der Waals surface area contributed by atoms with Gasteiger partial charge in [-0.1, -0.05) is 12.1 Å². The number of anilines is 1. The largest absolute Gasteiger partial charge is 0.465 e. The van der Waals surface area contributed by atoms with E-state index in [0.29, 0.717) is 5.56 Å². The summed E-state index contributed by atoms with van der Waals surface area (Å²) in [6.07, 6.45) is 1.21. The molecule has 8 heteroatoms. The highest BCUT2D eigenvalue weighted by Crippen LogP contribution is 2.23. The van der Waals surface area contributed by atoms with Crippen molar-refractivity contribution in [1.82, 2.24) is 4.98 Å². The molecule has 1 heterocycles. The molecule has 0 saturated carbocycles. The monoisotopic (exact) mass is 312 g/mol. The van der Waals surface area contributed by atoms with Crippen molar-refractivity contribution in [2.75, 3.05) is 12.4 Å².